The lowest BCUT2D eigenvalue weighted by atomic mass is 9.87. The van der Waals surface area contributed by atoms with Crippen LogP contribution in [0.3, 0.4) is 0 Å². The van der Waals surface area contributed by atoms with Gasteiger partial charge in [-0.05, 0) is 12.8 Å². The van der Waals surface area contributed by atoms with E-state index in [1.54, 1.807) is 6.20 Å². The van der Waals surface area contributed by atoms with Gasteiger partial charge >= 0.3 is 0 Å². The number of hydrogen-bond donors (Lipinski definition) is 4. The van der Waals surface area contributed by atoms with Crippen LogP contribution in [0.25, 0.3) is 0 Å². The third kappa shape index (κ3) is 2.72. The normalized spacial score (nSPS) is 32.0. The van der Waals surface area contributed by atoms with Gasteiger partial charge in [0.1, 0.15) is 5.82 Å². The summed E-state index contributed by atoms with van der Waals surface area (Å²) in [6.07, 6.45) is 3.01. The highest BCUT2D eigenvalue weighted by molar-refractivity contribution is 4.97. The first-order valence-corrected chi connectivity index (χ1v) is 6.20. The Kier molecular flexibility index (Phi) is 4.01. The average Bonchev–Trinajstić information content (AvgIpc) is 2.86. The van der Waals surface area contributed by atoms with Crippen LogP contribution in [0, 0.1) is 5.41 Å². The Morgan fingerprint density at radius 1 is 1.44 bits per heavy atom. The number of aliphatic hydroxyl groups is 3. The van der Waals surface area contributed by atoms with E-state index in [4.69, 9.17) is 0 Å². The summed E-state index contributed by atoms with van der Waals surface area (Å²) in [6.45, 7) is 1.14. The summed E-state index contributed by atoms with van der Waals surface area (Å²) in [5.74, 6) is 0.919. The van der Waals surface area contributed by atoms with Crippen molar-refractivity contribution in [3.63, 3.8) is 0 Å². The van der Waals surface area contributed by atoms with Crippen molar-refractivity contribution < 1.29 is 15.3 Å². The van der Waals surface area contributed by atoms with Crippen LogP contribution in [-0.2, 0) is 13.6 Å². The molecular formula is C12H21N3O3. The van der Waals surface area contributed by atoms with Gasteiger partial charge in [0.15, 0.2) is 0 Å². The van der Waals surface area contributed by atoms with Gasteiger partial charge in [0.05, 0.1) is 25.4 Å². The Balaban J connectivity index is 1.87. The second kappa shape index (κ2) is 5.36. The number of aromatic nitrogens is 2. The van der Waals surface area contributed by atoms with Crippen LogP contribution < -0.4 is 5.32 Å². The fourth-order valence-electron chi connectivity index (χ4n) is 2.58. The fraction of sp³-hybridized carbons (Fsp3) is 0.750. The fourth-order valence-corrected chi connectivity index (χ4v) is 2.58. The van der Waals surface area contributed by atoms with E-state index < -0.39 is 17.6 Å². The molecule has 0 spiro atoms. The summed E-state index contributed by atoms with van der Waals surface area (Å²) < 4.78 is 1.93. The Hall–Kier alpha value is -0.950. The second-order valence-corrected chi connectivity index (χ2v) is 5.26. The van der Waals surface area contributed by atoms with Crippen molar-refractivity contribution in [3.8, 4) is 0 Å². The first-order valence-electron chi connectivity index (χ1n) is 6.20. The predicted molar refractivity (Wildman–Crippen MR) is 65.7 cm³/mol. The molecule has 1 aliphatic carbocycles. The highest BCUT2D eigenvalue weighted by atomic mass is 16.3. The molecule has 2 atom stereocenters. The Bertz CT molecular complexity index is 384. The standard InChI is InChI=1S/C12H21N3O3/c1-15-3-2-14-11(15)6-13-7-12(8-16)4-9(17)10(18)5-12/h2-3,9-10,13,16-18H,4-8H2,1H3. The summed E-state index contributed by atoms with van der Waals surface area (Å²) in [4.78, 5) is 4.20. The topological polar surface area (TPSA) is 90.5 Å². The molecule has 0 bridgehead atoms. The number of hydrogen-bond acceptors (Lipinski definition) is 5. The highest BCUT2D eigenvalue weighted by Crippen LogP contribution is 2.37. The first kappa shape index (κ1) is 13.5. The Morgan fingerprint density at radius 2 is 2.11 bits per heavy atom. The van der Waals surface area contributed by atoms with Crippen LogP contribution in [-0.4, -0.2) is 50.2 Å². The molecule has 4 N–H and O–H groups in total. The van der Waals surface area contributed by atoms with E-state index in [-0.39, 0.29) is 6.61 Å². The minimum Gasteiger partial charge on any atom is -0.396 e. The largest absolute Gasteiger partial charge is 0.396 e. The SMILES string of the molecule is Cn1ccnc1CNCC1(CO)CC(O)C(O)C1. The van der Waals surface area contributed by atoms with Crippen LogP contribution >= 0.6 is 0 Å². The molecule has 1 aromatic heterocycles. The van der Waals surface area contributed by atoms with Gasteiger partial charge in [-0.3, -0.25) is 0 Å². The van der Waals surface area contributed by atoms with Crippen LogP contribution in [0.2, 0.25) is 0 Å². The molecule has 18 heavy (non-hydrogen) atoms. The molecule has 0 radical (unpaired) electrons. The molecule has 0 amide bonds. The number of imidazole rings is 1. The molecule has 6 heteroatoms. The first-order chi connectivity index (χ1) is 8.56. The van der Waals surface area contributed by atoms with Crippen molar-refractivity contribution in [1.82, 2.24) is 14.9 Å². The summed E-state index contributed by atoms with van der Waals surface area (Å²) in [6, 6.07) is 0. The Labute approximate surface area is 106 Å². The number of nitrogens with one attached hydrogen (secondary N) is 1. The summed E-state index contributed by atoms with van der Waals surface area (Å²) in [5.41, 5.74) is -0.427. The van der Waals surface area contributed by atoms with E-state index >= 15 is 0 Å². The molecule has 1 fully saturated rings. The Morgan fingerprint density at radius 3 is 2.61 bits per heavy atom. The molecule has 2 rings (SSSR count). The lowest BCUT2D eigenvalue weighted by Crippen LogP contribution is -2.36. The number of aliphatic hydroxyl groups excluding tert-OH is 3. The lowest BCUT2D eigenvalue weighted by Gasteiger charge is -2.26. The molecule has 0 saturated heterocycles. The molecule has 1 heterocycles. The van der Waals surface area contributed by atoms with E-state index in [1.807, 2.05) is 17.8 Å². The van der Waals surface area contributed by atoms with Gasteiger partial charge in [0.25, 0.3) is 0 Å². The van der Waals surface area contributed by atoms with Gasteiger partial charge in [0.2, 0.25) is 0 Å². The van der Waals surface area contributed by atoms with E-state index in [0.717, 1.165) is 5.82 Å². The van der Waals surface area contributed by atoms with Crippen molar-refractivity contribution in [2.45, 2.75) is 31.6 Å². The zero-order valence-corrected chi connectivity index (χ0v) is 10.6. The minimum absolute atomic E-state index is 0.0331. The maximum absolute atomic E-state index is 9.59. The van der Waals surface area contributed by atoms with Gasteiger partial charge in [-0.1, -0.05) is 0 Å². The second-order valence-electron chi connectivity index (χ2n) is 5.26. The molecular weight excluding hydrogens is 234 g/mol. The van der Waals surface area contributed by atoms with Crippen molar-refractivity contribution in [2.24, 2.45) is 12.5 Å². The summed E-state index contributed by atoms with van der Waals surface area (Å²) >= 11 is 0. The highest BCUT2D eigenvalue weighted by Gasteiger charge is 2.43. The molecule has 1 aliphatic rings. The van der Waals surface area contributed by atoms with Crippen LogP contribution in [0.4, 0.5) is 0 Å². The van der Waals surface area contributed by atoms with E-state index in [2.05, 4.69) is 10.3 Å². The maximum Gasteiger partial charge on any atom is 0.122 e. The average molecular weight is 255 g/mol. The molecule has 6 nitrogen and oxygen atoms in total. The van der Waals surface area contributed by atoms with Gasteiger partial charge in [-0.15, -0.1) is 0 Å². The van der Waals surface area contributed by atoms with E-state index in [9.17, 15) is 15.3 Å². The maximum atomic E-state index is 9.59. The monoisotopic (exact) mass is 255 g/mol. The molecule has 0 aromatic carbocycles. The zero-order chi connectivity index (χ0) is 13.2. The van der Waals surface area contributed by atoms with Crippen molar-refractivity contribution in [1.29, 1.82) is 0 Å². The van der Waals surface area contributed by atoms with Crippen molar-refractivity contribution in [3.05, 3.63) is 18.2 Å². The van der Waals surface area contributed by atoms with Gasteiger partial charge in [-0.25, -0.2) is 4.98 Å². The number of aryl methyl sites for hydroxylation is 1. The van der Waals surface area contributed by atoms with Gasteiger partial charge in [-0.2, -0.15) is 0 Å². The smallest absolute Gasteiger partial charge is 0.122 e. The third-order valence-corrected chi connectivity index (χ3v) is 3.77. The molecule has 1 saturated carbocycles. The van der Waals surface area contributed by atoms with E-state index in [1.165, 1.54) is 0 Å². The van der Waals surface area contributed by atoms with Crippen LogP contribution in [0.1, 0.15) is 18.7 Å². The van der Waals surface area contributed by atoms with Crippen molar-refractivity contribution >= 4 is 0 Å². The number of nitrogens with zero attached hydrogens (tertiary/aromatic N) is 2. The minimum atomic E-state index is -0.730. The zero-order valence-electron chi connectivity index (χ0n) is 10.6. The third-order valence-electron chi connectivity index (χ3n) is 3.77. The van der Waals surface area contributed by atoms with Crippen LogP contribution in [0.5, 0.6) is 0 Å². The van der Waals surface area contributed by atoms with Gasteiger partial charge < -0.3 is 25.2 Å². The molecule has 0 aliphatic heterocycles. The van der Waals surface area contributed by atoms with E-state index in [0.29, 0.717) is 25.9 Å². The number of rotatable bonds is 5. The molecule has 2 unspecified atom stereocenters. The quantitative estimate of drug-likeness (QED) is 0.542. The summed E-state index contributed by atoms with van der Waals surface area (Å²) in [7, 11) is 1.93. The predicted octanol–water partition coefficient (Wildman–Crippen LogP) is -0.996. The summed E-state index contributed by atoms with van der Waals surface area (Å²) in [5, 5.41) is 31.9. The van der Waals surface area contributed by atoms with Gasteiger partial charge in [0, 0.05) is 31.4 Å². The molecule has 102 valence electrons. The molecule has 1 aromatic rings. The van der Waals surface area contributed by atoms with Crippen LogP contribution in [0.15, 0.2) is 12.4 Å². The lowest BCUT2D eigenvalue weighted by molar-refractivity contribution is 0.0438. The van der Waals surface area contributed by atoms with Crippen molar-refractivity contribution in [2.75, 3.05) is 13.2 Å².